The van der Waals surface area contributed by atoms with Crippen molar-refractivity contribution in [2.75, 3.05) is 12.3 Å². The number of ether oxygens (including phenoxy) is 1. The van der Waals surface area contributed by atoms with Crippen molar-refractivity contribution >= 4 is 11.8 Å². The fraction of sp³-hybridized carbons (Fsp3) is 0.300. The quantitative estimate of drug-likeness (QED) is 0.662. The number of nitrogens with two attached hydrogens (primary N) is 1. The van der Waals surface area contributed by atoms with Crippen LogP contribution in [0.15, 0.2) is 24.3 Å². The number of carbonyl (C=O) groups excluding carboxylic acids is 1. The normalized spacial score (nSPS) is 21.1. The summed E-state index contributed by atoms with van der Waals surface area (Å²) in [6.45, 7) is 0.651. The topological polar surface area (TPSA) is 64.3 Å². The van der Waals surface area contributed by atoms with Crippen molar-refractivity contribution in [3.63, 3.8) is 0 Å². The van der Waals surface area contributed by atoms with Gasteiger partial charge in [-0.2, -0.15) is 0 Å². The predicted molar refractivity (Wildman–Crippen MR) is 52.7 cm³/mol. The summed E-state index contributed by atoms with van der Waals surface area (Å²) in [6, 6.07) is 7.43. The van der Waals surface area contributed by atoms with Gasteiger partial charge in [0, 0.05) is 18.7 Å². The molecule has 1 aromatic carbocycles. The van der Waals surface area contributed by atoms with E-state index in [2.05, 4.69) is 5.32 Å². The third-order valence-electron chi connectivity index (χ3n) is 2.21. The smallest absolute Gasteiger partial charge is 0.407 e. The lowest BCUT2D eigenvalue weighted by molar-refractivity contribution is 0.0739. The van der Waals surface area contributed by atoms with E-state index >= 15 is 0 Å². The van der Waals surface area contributed by atoms with Crippen molar-refractivity contribution in [3.8, 4) is 0 Å². The minimum Gasteiger partial charge on any atom is -0.441 e. The standard InChI is InChI=1S/C10H12N2O2/c11-8-3-1-2-7(6-8)9-4-5-12-10(13)14-9/h1-3,6,9H,4-5,11H2,(H,12,13). The Morgan fingerprint density at radius 3 is 3.07 bits per heavy atom. The largest absolute Gasteiger partial charge is 0.441 e. The molecular weight excluding hydrogens is 180 g/mol. The summed E-state index contributed by atoms with van der Waals surface area (Å²) in [5.74, 6) is 0. The number of amides is 1. The second kappa shape index (κ2) is 3.57. The number of anilines is 1. The molecule has 1 atom stereocenters. The summed E-state index contributed by atoms with van der Waals surface area (Å²) in [7, 11) is 0. The van der Waals surface area contributed by atoms with E-state index in [1.54, 1.807) is 0 Å². The van der Waals surface area contributed by atoms with Gasteiger partial charge in [0.2, 0.25) is 0 Å². The van der Waals surface area contributed by atoms with E-state index in [0.717, 1.165) is 12.0 Å². The highest BCUT2D eigenvalue weighted by molar-refractivity contribution is 5.68. The zero-order valence-corrected chi connectivity index (χ0v) is 7.69. The van der Waals surface area contributed by atoms with Crippen molar-refractivity contribution in [2.45, 2.75) is 12.5 Å². The van der Waals surface area contributed by atoms with Crippen LogP contribution in [0.25, 0.3) is 0 Å². The average molecular weight is 192 g/mol. The molecule has 4 nitrogen and oxygen atoms in total. The molecule has 0 spiro atoms. The highest BCUT2D eigenvalue weighted by Crippen LogP contribution is 2.24. The average Bonchev–Trinajstić information content (AvgIpc) is 2.18. The van der Waals surface area contributed by atoms with Gasteiger partial charge >= 0.3 is 6.09 Å². The maximum atomic E-state index is 11.0. The number of benzene rings is 1. The number of alkyl carbamates (subject to hydrolysis) is 1. The van der Waals surface area contributed by atoms with Gasteiger partial charge in [0.1, 0.15) is 6.10 Å². The molecule has 1 unspecified atom stereocenters. The molecule has 0 saturated carbocycles. The third-order valence-corrected chi connectivity index (χ3v) is 2.21. The second-order valence-electron chi connectivity index (χ2n) is 3.28. The molecule has 1 aromatic rings. The van der Waals surface area contributed by atoms with Gasteiger partial charge in [0.15, 0.2) is 0 Å². The van der Waals surface area contributed by atoms with E-state index in [-0.39, 0.29) is 12.2 Å². The number of nitrogen functional groups attached to an aromatic ring is 1. The minimum atomic E-state index is -0.358. The maximum absolute atomic E-state index is 11.0. The highest BCUT2D eigenvalue weighted by Gasteiger charge is 2.21. The van der Waals surface area contributed by atoms with Crippen LogP contribution in [-0.4, -0.2) is 12.6 Å². The molecule has 1 aliphatic rings. The Balaban J connectivity index is 2.17. The summed E-state index contributed by atoms with van der Waals surface area (Å²) in [5, 5.41) is 2.60. The fourth-order valence-electron chi connectivity index (χ4n) is 1.53. The Kier molecular flexibility index (Phi) is 2.26. The molecule has 14 heavy (non-hydrogen) atoms. The van der Waals surface area contributed by atoms with Gasteiger partial charge in [-0.1, -0.05) is 12.1 Å². The van der Waals surface area contributed by atoms with E-state index < -0.39 is 0 Å². The lowest BCUT2D eigenvalue weighted by atomic mass is 10.1. The molecule has 0 radical (unpaired) electrons. The van der Waals surface area contributed by atoms with Crippen LogP contribution in [0.4, 0.5) is 10.5 Å². The van der Waals surface area contributed by atoms with Gasteiger partial charge in [-0.15, -0.1) is 0 Å². The van der Waals surface area contributed by atoms with E-state index in [1.807, 2.05) is 24.3 Å². The molecule has 0 aromatic heterocycles. The fourth-order valence-corrected chi connectivity index (χ4v) is 1.53. The van der Waals surface area contributed by atoms with Gasteiger partial charge in [-0.3, -0.25) is 0 Å². The first-order valence-electron chi connectivity index (χ1n) is 4.55. The van der Waals surface area contributed by atoms with Crippen LogP contribution < -0.4 is 11.1 Å². The first-order valence-corrected chi connectivity index (χ1v) is 4.55. The Labute approximate surface area is 82.1 Å². The van der Waals surface area contributed by atoms with Gasteiger partial charge < -0.3 is 15.8 Å². The first kappa shape index (κ1) is 8.87. The Bertz CT molecular complexity index is 352. The molecule has 1 aliphatic heterocycles. The third kappa shape index (κ3) is 1.79. The number of hydrogen-bond donors (Lipinski definition) is 2. The number of hydrogen-bond acceptors (Lipinski definition) is 3. The SMILES string of the molecule is Nc1cccc(C2CCNC(=O)O2)c1. The van der Waals surface area contributed by atoms with Crippen LogP contribution in [-0.2, 0) is 4.74 Å². The predicted octanol–water partition coefficient (Wildman–Crippen LogP) is 1.44. The zero-order chi connectivity index (χ0) is 9.97. The number of cyclic esters (lactones) is 1. The van der Waals surface area contributed by atoms with Crippen molar-refractivity contribution < 1.29 is 9.53 Å². The maximum Gasteiger partial charge on any atom is 0.407 e. The summed E-state index contributed by atoms with van der Waals surface area (Å²) in [6.07, 6.45) is 0.269. The van der Waals surface area contributed by atoms with E-state index in [0.29, 0.717) is 12.2 Å². The van der Waals surface area contributed by atoms with Gasteiger partial charge in [0.25, 0.3) is 0 Å². The molecule has 74 valence electrons. The number of carbonyl (C=O) groups is 1. The summed E-state index contributed by atoms with van der Waals surface area (Å²) >= 11 is 0. The molecule has 1 saturated heterocycles. The molecule has 1 heterocycles. The highest BCUT2D eigenvalue weighted by atomic mass is 16.6. The second-order valence-corrected chi connectivity index (χ2v) is 3.28. The molecular formula is C10H12N2O2. The molecule has 2 rings (SSSR count). The van der Waals surface area contributed by atoms with Gasteiger partial charge in [-0.05, 0) is 17.7 Å². The van der Waals surface area contributed by atoms with Crippen LogP contribution in [0.3, 0.4) is 0 Å². The first-order chi connectivity index (χ1) is 6.75. The summed E-state index contributed by atoms with van der Waals surface area (Å²) in [4.78, 5) is 11.0. The molecule has 1 amide bonds. The Morgan fingerprint density at radius 1 is 1.50 bits per heavy atom. The van der Waals surface area contributed by atoms with Crippen molar-refractivity contribution in [1.82, 2.24) is 5.32 Å². The van der Waals surface area contributed by atoms with Crippen LogP contribution in [0.5, 0.6) is 0 Å². The van der Waals surface area contributed by atoms with Crippen LogP contribution >= 0.6 is 0 Å². The monoisotopic (exact) mass is 192 g/mol. The van der Waals surface area contributed by atoms with E-state index in [4.69, 9.17) is 10.5 Å². The molecule has 3 N–H and O–H groups in total. The van der Waals surface area contributed by atoms with Gasteiger partial charge in [-0.25, -0.2) is 4.79 Å². The van der Waals surface area contributed by atoms with Crippen molar-refractivity contribution in [2.24, 2.45) is 0 Å². The van der Waals surface area contributed by atoms with Crippen molar-refractivity contribution in [1.29, 1.82) is 0 Å². The Hall–Kier alpha value is -1.71. The van der Waals surface area contributed by atoms with E-state index in [9.17, 15) is 4.79 Å². The molecule has 0 bridgehead atoms. The number of rotatable bonds is 1. The Morgan fingerprint density at radius 2 is 2.36 bits per heavy atom. The lowest BCUT2D eigenvalue weighted by Gasteiger charge is -2.23. The van der Waals surface area contributed by atoms with Crippen molar-refractivity contribution in [3.05, 3.63) is 29.8 Å². The number of nitrogens with one attached hydrogen (secondary N) is 1. The molecule has 0 aliphatic carbocycles. The van der Waals surface area contributed by atoms with E-state index in [1.165, 1.54) is 0 Å². The summed E-state index contributed by atoms with van der Waals surface area (Å²) < 4.78 is 5.12. The van der Waals surface area contributed by atoms with Crippen LogP contribution in [0.2, 0.25) is 0 Å². The van der Waals surface area contributed by atoms with Gasteiger partial charge in [0.05, 0.1) is 0 Å². The zero-order valence-electron chi connectivity index (χ0n) is 7.69. The van der Waals surface area contributed by atoms with Crippen LogP contribution in [0.1, 0.15) is 18.1 Å². The summed E-state index contributed by atoms with van der Waals surface area (Å²) in [5.41, 5.74) is 7.29. The minimum absolute atomic E-state index is 0.160. The molecule has 4 heteroatoms. The lowest BCUT2D eigenvalue weighted by Crippen LogP contribution is -2.33. The molecule has 1 fully saturated rings. The van der Waals surface area contributed by atoms with Crippen LogP contribution in [0, 0.1) is 0 Å².